The predicted molar refractivity (Wildman–Crippen MR) is 81.2 cm³/mol. The van der Waals surface area contributed by atoms with E-state index in [0.717, 1.165) is 38.8 Å². The highest BCUT2D eigenvalue weighted by Gasteiger charge is 2.34. The fraction of sp³-hybridized carbons (Fsp3) is 0.875. The summed E-state index contributed by atoms with van der Waals surface area (Å²) in [5, 5.41) is 12.3. The summed E-state index contributed by atoms with van der Waals surface area (Å²) in [6.45, 7) is 3.96. The number of nitrogens with one attached hydrogen (secondary N) is 1. The van der Waals surface area contributed by atoms with Crippen LogP contribution in [0.3, 0.4) is 0 Å². The van der Waals surface area contributed by atoms with Crippen LogP contribution in [-0.4, -0.2) is 36.5 Å². The van der Waals surface area contributed by atoms with E-state index in [1.165, 1.54) is 25.7 Å². The van der Waals surface area contributed by atoms with Crippen molar-refractivity contribution in [3.63, 3.8) is 0 Å². The Kier molecular flexibility index (Phi) is 7.61. The summed E-state index contributed by atoms with van der Waals surface area (Å²) in [6, 6.07) is 2.33. The second-order valence-corrected chi connectivity index (χ2v) is 6.06. The fourth-order valence-electron chi connectivity index (χ4n) is 2.66. The molecule has 0 unspecified atom stereocenters. The Balaban J connectivity index is 2.22. The number of hydrogen-bond donors (Lipinski definition) is 1. The maximum atomic E-state index is 12.0. The van der Waals surface area contributed by atoms with Crippen LogP contribution in [0.5, 0.6) is 0 Å². The van der Waals surface area contributed by atoms with E-state index in [-0.39, 0.29) is 5.91 Å². The van der Waals surface area contributed by atoms with E-state index in [1.54, 1.807) is 0 Å². The smallest absolute Gasteiger partial charge is 0.221 e. The molecule has 1 aliphatic rings. The molecule has 114 valence electrons. The van der Waals surface area contributed by atoms with E-state index in [0.29, 0.717) is 6.42 Å². The van der Waals surface area contributed by atoms with Gasteiger partial charge in [0.2, 0.25) is 5.91 Å². The molecule has 4 heteroatoms. The molecule has 0 aromatic carbocycles. The molecule has 0 aliphatic carbocycles. The van der Waals surface area contributed by atoms with Crippen molar-refractivity contribution in [3.8, 4) is 6.07 Å². The number of unbranched alkanes of at least 4 members (excludes halogenated alkanes) is 5. The van der Waals surface area contributed by atoms with Crippen LogP contribution in [-0.2, 0) is 4.79 Å². The van der Waals surface area contributed by atoms with Crippen molar-refractivity contribution in [2.75, 3.05) is 20.1 Å². The Bertz CT molecular complexity index is 327. The molecule has 0 atom stereocenters. The number of likely N-dealkylation sites (tertiary alicyclic amines) is 1. The maximum Gasteiger partial charge on any atom is 0.221 e. The highest BCUT2D eigenvalue weighted by atomic mass is 16.1. The Morgan fingerprint density at radius 1 is 1.20 bits per heavy atom. The van der Waals surface area contributed by atoms with Crippen LogP contribution in [0.1, 0.15) is 64.7 Å². The summed E-state index contributed by atoms with van der Waals surface area (Å²) >= 11 is 0. The zero-order valence-corrected chi connectivity index (χ0v) is 13.1. The molecular weight excluding hydrogens is 250 g/mol. The van der Waals surface area contributed by atoms with Gasteiger partial charge in [-0.2, -0.15) is 5.26 Å². The molecule has 1 fully saturated rings. The topological polar surface area (TPSA) is 56.1 Å². The number of carbonyl (C=O) groups is 1. The predicted octanol–water partition coefficient (Wildman–Crippen LogP) is 2.84. The van der Waals surface area contributed by atoms with E-state index < -0.39 is 5.54 Å². The molecule has 0 aromatic heterocycles. The molecule has 20 heavy (non-hydrogen) atoms. The van der Waals surface area contributed by atoms with Crippen molar-refractivity contribution >= 4 is 5.91 Å². The van der Waals surface area contributed by atoms with Gasteiger partial charge in [0.1, 0.15) is 5.54 Å². The third-order valence-electron chi connectivity index (χ3n) is 4.19. The summed E-state index contributed by atoms with van der Waals surface area (Å²) in [7, 11) is 2.05. The Morgan fingerprint density at radius 2 is 1.80 bits per heavy atom. The monoisotopic (exact) mass is 279 g/mol. The lowest BCUT2D eigenvalue weighted by molar-refractivity contribution is -0.123. The van der Waals surface area contributed by atoms with E-state index in [2.05, 4.69) is 30.3 Å². The van der Waals surface area contributed by atoms with Gasteiger partial charge < -0.3 is 10.2 Å². The minimum atomic E-state index is -0.619. The molecule has 0 saturated carbocycles. The first-order valence-corrected chi connectivity index (χ1v) is 8.03. The SMILES string of the molecule is CCCCCCCCC(=O)NC1(C#N)CCN(C)CC1. The minimum Gasteiger partial charge on any atom is -0.338 e. The van der Waals surface area contributed by atoms with Crippen molar-refractivity contribution < 1.29 is 4.79 Å². The van der Waals surface area contributed by atoms with Gasteiger partial charge in [0, 0.05) is 19.5 Å². The van der Waals surface area contributed by atoms with E-state index in [9.17, 15) is 10.1 Å². The lowest BCUT2D eigenvalue weighted by Gasteiger charge is -2.36. The average Bonchev–Trinajstić information content (AvgIpc) is 2.45. The van der Waals surface area contributed by atoms with Gasteiger partial charge in [-0.3, -0.25) is 4.79 Å². The highest BCUT2D eigenvalue weighted by molar-refractivity contribution is 5.77. The number of nitrogens with zero attached hydrogens (tertiary/aromatic N) is 2. The Hall–Kier alpha value is -1.08. The van der Waals surface area contributed by atoms with Gasteiger partial charge in [-0.1, -0.05) is 39.0 Å². The van der Waals surface area contributed by atoms with Gasteiger partial charge in [0.25, 0.3) is 0 Å². The van der Waals surface area contributed by atoms with Gasteiger partial charge in [0.15, 0.2) is 0 Å². The quantitative estimate of drug-likeness (QED) is 0.695. The lowest BCUT2D eigenvalue weighted by atomic mass is 9.89. The van der Waals surface area contributed by atoms with E-state index in [1.807, 2.05) is 0 Å². The molecule has 0 aromatic rings. The summed E-state index contributed by atoms with van der Waals surface area (Å²) in [4.78, 5) is 14.2. The fourth-order valence-corrected chi connectivity index (χ4v) is 2.66. The second kappa shape index (κ2) is 8.97. The first-order chi connectivity index (χ1) is 9.62. The lowest BCUT2D eigenvalue weighted by Crippen LogP contribution is -2.53. The third kappa shape index (κ3) is 5.92. The summed E-state index contributed by atoms with van der Waals surface area (Å²) < 4.78 is 0. The van der Waals surface area contributed by atoms with Crippen molar-refractivity contribution in [1.29, 1.82) is 5.26 Å². The molecule has 1 rings (SSSR count). The summed E-state index contributed by atoms with van der Waals surface area (Å²) in [5.41, 5.74) is -0.619. The Morgan fingerprint density at radius 3 is 2.40 bits per heavy atom. The first-order valence-electron chi connectivity index (χ1n) is 8.03. The standard InChI is InChI=1S/C16H29N3O/c1-3-4-5-6-7-8-9-15(20)18-16(14-17)10-12-19(2)13-11-16/h3-13H2,1-2H3,(H,18,20). The van der Waals surface area contributed by atoms with Crippen LogP contribution in [0, 0.1) is 11.3 Å². The zero-order valence-electron chi connectivity index (χ0n) is 13.1. The van der Waals surface area contributed by atoms with Gasteiger partial charge >= 0.3 is 0 Å². The molecule has 0 spiro atoms. The van der Waals surface area contributed by atoms with E-state index in [4.69, 9.17) is 0 Å². The number of nitriles is 1. The van der Waals surface area contributed by atoms with Crippen molar-refractivity contribution in [2.45, 2.75) is 70.3 Å². The van der Waals surface area contributed by atoms with Crippen molar-refractivity contribution in [2.24, 2.45) is 0 Å². The van der Waals surface area contributed by atoms with E-state index >= 15 is 0 Å². The number of hydrogen-bond acceptors (Lipinski definition) is 3. The molecular formula is C16H29N3O. The van der Waals surface area contributed by atoms with Crippen LogP contribution in [0.4, 0.5) is 0 Å². The molecule has 1 amide bonds. The van der Waals surface area contributed by atoms with Gasteiger partial charge in [-0.15, -0.1) is 0 Å². The van der Waals surface area contributed by atoms with Crippen molar-refractivity contribution in [1.82, 2.24) is 10.2 Å². The highest BCUT2D eigenvalue weighted by Crippen LogP contribution is 2.21. The molecule has 1 aliphatic heterocycles. The third-order valence-corrected chi connectivity index (χ3v) is 4.19. The summed E-state index contributed by atoms with van der Waals surface area (Å²) in [5.74, 6) is 0.0478. The second-order valence-electron chi connectivity index (χ2n) is 6.06. The van der Waals surface area contributed by atoms with Gasteiger partial charge in [-0.25, -0.2) is 0 Å². The number of amides is 1. The zero-order chi connectivity index (χ0) is 14.8. The largest absolute Gasteiger partial charge is 0.338 e. The molecule has 1 saturated heterocycles. The molecule has 4 nitrogen and oxygen atoms in total. The van der Waals surface area contributed by atoms with Crippen LogP contribution in [0.2, 0.25) is 0 Å². The van der Waals surface area contributed by atoms with Gasteiger partial charge in [0.05, 0.1) is 6.07 Å². The number of carbonyl (C=O) groups excluding carboxylic acids is 1. The molecule has 0 bridgehead atoms. The maximum absolute atomic E-state index is 12.0. The van der Waals surface area contributed by atoms with Crippen LogP contribution >= 0.6 is 0 Å². The van der Waals surface area contributed by atoms with Crippen molar-refractivity contribution in [3.05, 3.63) is 0 Å². The van der Waals surface area contributed by atoms with Crippen LogP contribution in [0.15, 0.2) is 0 Å². The van der Waals surface area contributed by atoms with Crippen LogP contribution < -0.4 is 5.32 Å². The molecule has 1 heterocycles. The molecule has 0 radical (unpaired) electrons. The number of piperidine rings is 1. The normalized spacial score (nSPS) is 18.4. The summed E-state index contributed by atoms with van der Waals surface area (Å²) in [6.07, 6.45) is 9.13. The minimum absolute atomic E-state index is 0.0478. The Labute approximate surface area is 123 Å². The number of rotatable bonds is 8. The van der Waals surface area contributed by atoms with Gasteiger partial charge in [-0.05, 0) is 26.3 Å². The first kappa shape index (κ1) is 17.0. The molecule has 1 N–H and O–H groups in total. The van der Waals surface area contributed by atoms with Crippen LogP contribution in [0.25, 0.3) is 0 Å². The average molecular weight is 279 g/mol.